The van der Waals surface area contributed by atoms with E-state index in [-0.39, 0.29) is 11.9 Å². The number of imide groups is 1. The van der Waals surface area contributed by atoms with Crippen LogP contribution in [0, 0.1) is 0 Å². The molecule has 4 heteroatoms. The van der Waals surface area contributed by atoms with E-state index in [0.717, 1.165) is 12.8 Å². The van der Waals surface area contributed by atoms with Gasteiger partial charge < -0.3 is 5.32 Å². The van der Waals surface area contributed by atoms with Crippen molar-refractivity contribution in [3.05, 3.63) is 0 Å². The molecule has 20 heavy (non-hydrogen) atoms. The lowest BCUT2D eigenvalue weighted by Crippen LogP contribution is -2.40. The van der Waals surface area contributed by atoms with Crippen molar-refractivity contribution < 1.29 is 9.59 Å². The molecule has 1 saturated heterocycles. The number of unbranched alkanes of at least 4 members (excludes halogenated alkanes) is 8. The maximum atomic E-state index is 11.7. The monoisotopic (exact) mass is 282 g/mol. The van der Waals surface area contributed by atoms with Gasteiger partial charge in [-0.2, -0.15) is 0 Å². The van der Waals surface area contributed by atoms with Crippen LogP contribution in [0.4, 0.5) is 4.79 Å². The molecule has 116 valence electrons. The molecule has 0 bridgehead atoms. The maximum absolute atomic E-state index is 11.7. The lowest BCUT2D eigenvalue weighted by atomic mass is 10.1. The summed E-state index contributed by atoms with van der Waals surface area (Å²) in [5.74, 6) is -0.0328. The molecular weight excluding hydrogens is 252 g/mol. The van der Waals surface area contributed by atoms with Crippen LogP contribution in [0.1, 0.15) is 77.6 Å². The minimum atomic E-state index is -0.202. The molecular formula is C16H30N2O2. The lowest BCUT2D eigenvalue weighted by molar-refractivity contribution is -0.125. The number of hydrogen-bond acceptors (Lipinski definition) is 2. The van der Waals surface area contributed by atoms with Crippen LogP contribution in [-0.2, 0) is 4.79 Å². The number of nitrogens with zero attached hydrogens (tertiary/aromatic N) is 1. The van der Waals surface area contributed by atoms with Crippen molar-refractivity contribution >= 4 is 11.9 Å². The van der Waals surface area contributed by atoms with Gasteiger partial charge in [-0.15, -0.1) is 0 Å². The number of likely N-dealkylation sites (tertiary alicyclic amines) is 1. The molecule has 0 saturated carbocycles. The summed E-state index contributed by atoms with van der Waals surface area (Å²) in [5.41, 5.74) is 0. The van der Waals surface area contributed by atoms with Gasteiger partial charge in [0.15, 0.2) is 0 Å². The fourth-order valence-corrected chi connectivity index (χ4v) is 2.59. The van der Waals surface area contributed by atoms with E-state index in [2.05, 4.69) is 12.2 Å². The van der Waals surface area contributed by atoms with Crippen LogP contribution in [0.5, 0.6) is 0 Å². The third-order valence-corrected chi connectivity index (χ3v) is 3.88. The standard InChI is InChI=1S/C16H30N2O2/c1-2-3-4-5-6-7-8-9-10-13-17-16(20)18-14-11-12-15(18)19/h2-14H2,1H3,(H,17,20). The number of carbonyl (C=O) groups excluding carboxylic acids is 2. The Balaban J connectivity index is 1.87. The molecule has 0 aromatic carbocycles. The summed E-state index contributed by atoms with van der Waals surface area (Å²) in [6.45, 7) is 3.52. The highest BCUT2D eigenvalue weighted by atomic mass is 16.2. The first-order chi connectivity index (χ1) is 9.75. The predicted octanol–water partition coefficient (Wildman–Crippen LogP) is 3.85. The van der Waals surface area contributed by atoms with Crippen LogP contribution < -0.4 is 5.32 Å². The van der Waals surface area contributed by atoms with Gasteiger partial charge in [0.2, 0.25) is 5.91 Å². The second-order valence-corrected chi connectivity index (χ2v) is 5.71. The summed E-state index contributed by atoms with van der Waals surface area (Å²) in [7, 11) is 0. The Bertz CT molecular complexity index is 292. The zero-order valence-electron chi connectivity index (χ0n) is 13.0. The molecule has 3 amide bonds. The average molecular weight is 282 g/mol. The van der Waals surface area contributed by atoms with E-state index in [9.17, 15) is 9.59 Å². The highest BCUT2D eigenvalue weighted by molar-refractivity contribution is 5.95. The first-order valence-electron chi connectivity index (χ1n) is 8.34. The summed E-state index contributed by atoms with van der Waals surface area (Å²) in [6.07, 6.45) is 12.8. The quantitative estimate of drug-likeness (QED) is 0.619. The number of rotatable bonds is 10. The van der Waals surface area contributed by atoms with Crippen molar-refractivity contribution in [3.8, 4) is 0 Å². The molecule has 0 unspecified atom stereocenters. The Labute approximate surface area is 123 Å². The van der Waals surface area contributed by atoms with Gasteiger partial charge in [0.05, 0.1) is 0 Å². The minimum absolute atomic E-state index is 0.0328. The zero-order chi connectivity index (χ0) is 14.6. The highest BCUT2D eigenvalue weighted by Crippen LogP contribution is 2.10. The first kappa shape index (κ1) is 17.0. The smallest absolute Gasteiger partial charge is 0.324 e. The largest absolute Gasteiger partial charge is 0.338 e. The topological polar surface area (TPSA) is 49.4 Å². The Hall–Kier alpha value is -1.06. The molecule has 1 fully saturated rings. The SMILES string of the molecule is CCCCCCCCCCCNC(=O)N1CCCC1=O. The van der Waals surface area contributed by atoms with Crippen molar-refractivity contribution in [2.45, 2.75) is 77.6 Å². The molecule has 0 aromatic rings. The molecule has 0 radical (unpaired) electrons. The van der Waals surface area contributed by atoms with E-state index in [1.807, 2.05) is 0 Å². The van der Waals surface area contributed by atoms with E-state index < -0.39 is 0 Å². The third-order valence-electron chi connectivity index (χ3n) is 3.88. The van der Waals surface area contributed by atoms with E-state index in [0.29, 0.717) is 19.5 Å². The van der Waals surface area contributed by atoms with Crippen molar-refractivity contribution in [1.82, 2.24) is 10.2 Å². The molecule has 1 aliphatic heterocycles. The van der Waals surface area contributed by atoms with Gasteiger partial charge in [0.25, 0.3) is 0 Å². The second kappa shape index (κ2) is 10.7. The van der Waals surface area contributed by atoms with E-state index in [1.54, 1.807) is 0 Å². The van der Waals surface area contributed by atoms with Crippen LogP contribution in [0.25, 0.3) is 0 Å². The second-order valence-electron chi connectivity index (χ2n) is 5.71. The van der Waals surface area contributed by atoms with Crippen LogP contribution in [-0.4, -0.2) is 29.9 Å². The number of carbonyl (C=O) groups is 2. The zero-order valence-corrected chi connectivity index (χ0v) is 13.0. The highest BCUT2D eigenvalue weighted by Gasteiger charge is 2.25. The lowest BCUT2D eigenvalue weighted by Gasteiger charge is -2.14. The molecule has 1 aliphatic rings. The molecule has 0 aliphatic carbocycles. The molecule has 0 atom stereocenters. The van der Waals surface area contributed by atoms with Crippen molar-refractivity contribution in [2.75, 3.05) is 13.1 Å². The van der Waals surface area contributed by atoms with Gasteiger partial charge in [-0.05, 0) is 12.8 Å². The summed E-state index contributed by atoms with van der Waals surface area (Å²) in [4.78, 5) is 24.4. The van der Waals surface area contributed by atoms with Gasteiger partial charge in [-0.3, -0.25) is 9.69 Å². The normalized spacial score (nSPS) is 14.8. The fraction of sp³-hybridized carbons (Fsp3) is 0.875. The average Bonchev–Trinajstić information content (AvgIpc) is 2.87. The van der Waals surface area contributed by atoms with Crippen molar-refractivity contribution in [3.63, 3.8) is 0 Å². The van der Waals surface area contributed by atoms with Crippen molar-refractivity contribution in [1.29, 1.82) is 0 Å². The third kappa shape index (κ3) is 6.92. The van der Waals surface area contributed by atoms with Gasteiger partial charge in [0, 0.05) is 19.5 Å². The van der Waals surface area contributed by atoms with Crippen LogP contribution in [0.3, 0.4) is 0 Å². The van der Waals surface area contributed by atoms with Gasteiger partial charge in [0.1, 0.15) is 0 Å². The van der Waals surface area contributed by atoms with E-state index >= 15 is 0 Å². The number of hydrogen-bond donors (Lipinski definition) is 1. The molecule has 1 rings (SSSR count). The fourth-order valence-electron chi connectivity index (χ4n) is 2.59. The van der Waals surface area contributed by atoms with Crippen molar-refractivity contribution in [2.24, 2.45) is 0 Å². The summed E-state index contributed by atoms with van der Waals surface area (Å²) in [5, 5.41) is 2.84. The summed E-state index contributed by atoms with van der Waals surface area (Å²) >= 11 is 0. The van der Waals surface area contributed by atoms with E-state index in [1.165, 1.54) is 56.3 Å². The van der Waals surface area contributed by atoms with Gasteiger partial charge >= 0.3 is 6.03 Å². The Morgan fingerprint density at radius 3 is 2.20 bits per heavy atom. The van der Waals surface area contributed by atoms with E-state index in [4.69, 9.17) is 0 Å². The Kier molecular flexibility index (Phi) is 9.09. The number of nitrogens with one attached hydrogen (secondary N) is 1. The number of amides is 3. The molecule has 1 N–H and O–H groups in total. The predicted molar refractivity (Wildman–Crippen MR) is 81.6 cm³/mol. The number of urea groups is 1. The summed E-state index contributed by atoms with van der Waals surface area (Å²) in [6, 6.07) is -0.202. The Morgan fingerprint density at radius 1 is 1.05 bits per heavy atom. The van der Waals surface area contributed by atoms with Crippen LogP contribution >= 0.6 is 0 Å². The molecule has 0 aromatic heterocycles. The van der Waals surface area contributed by atoms with Crippen LogP contribution in [0.2, 0.25) is 0 Å². The molecule has 4 nitrogen and oxygen atoms in total. The van der Waals surface area contributed by atoms with Crippen LogP contribution in [0.15, 0.2) is 0 Å². The van der Waals surface area contributed by atoms with Gasteiger partial charge in [-0.25, -0.2) is 4.79 Å². The summed E-state index contributed by atoms with van der Waals surface area (Å²) < 4.78 is 0. The first-order valence-corrected chi connectivity index (χ1v) is 8.34. The maximum Gasteiger partial charge on any atom is 0.324 e. The van der Waals surface area contributed by atoms with Gasteiger partial charge in [-0.1, -0.05) is 58.3 Å². The molecule has 0 spiro atoms. The Morgan fingerprint density at radius 2 is 1.65 bits per heavy atom. The minimum Gasteiger partial charge on any atom is -0.338 e. The molecule has 1 heterocycles.